The number of likely N-dealkylation sites (tertiary alicyclic amines) is 1. The lowest BCUT2D eigenvalue weighted by molar-refractivity contribution is 0.0546. The van der Waals surface area contributed by atoms with Crippen LogP contribution in [0.4, 0.5) is 0 Å². The quantitative estimate of drug-likeness (QED) is 0.779. The highest BCUT2D eigenvalue weighted by atomic mass is 32.1. The van der Waals surface area contributed by atoms with Gasteiger partial charge in [0, 0.05) is 24.2 Å². The van der Waals surface area contributed by atoms with Gasteiger partial charge in [-0.05, 0) is 25.0 Å². The van der Waals surface area contributed by atoms with Crippen LogP contribution < -0.4 is 5.73 Å². The van der Waals surface area contributed by atoms with Gasteiger partial charge in [0.05, 0.1) is 6.10 Å². The van der Waals surface area contributed by atoms with Crippen molar-refractivity contribution in [3.8, 4) is 0 Å². The molecule has 1 aliphatic rings. The van der Waals surface area contributed by atoms with Crippen LogP contribution in [0.5, 0.6) is 0 Å². The normalized spacial score (nSPS) is 16.6. The molecule has 0 atom stereocenters. The molecule has 1 aromatic rings. The zero-order valence-corrected chi connectivity index (χ0v) is 10.8. The smallest absolute Gasteiger partial charge is 0.253 e. The van der Waals surface area contributed by atoms with Crippen molar-refractivity contribution < 1.29 is 9.90 Å². The number of rotatable bonds is 2. The third-order valence-electron chi connectivity index (χ3n) is 3.17. The number of nitrogens with zero attached hydrogens (tertiary/aromatic N) is 1. The number of aliphatic hydroxyl groups excluding tert-OH is 1. The van der Waals surface area contributed by atoms with E-state index in [2.05, 4.69) is 0 Å². The van der Waals surface area contributed by atoms with E-state index in [1.165, 1.54) is 0 Å². The number of carbonyl (C=O) groups is 1. The van der Waals surface area contributed by atoms with E-state index in [-0.39, 0.29) is 12.0 Å². The number of hydrogen-bond acceptors (Lipinski definition) is 3. The number of thiocarbonyl (C=S) groups is 1. The van der Waals surface area contributed by atoms with Gasteiger partial charge in [-0.3, -0.25) is 4.79 Å². The Kier molecular flexibility index (Phi) is 3.93. The van der Waals surface area contributed by atoms with Crippen molar-refractivity contribution in [1.29, 1.82) is 0 Å². The van der Waals surface area contributed by atoms with Crippen LogP contribution in [-0.4, -0.2) is 40.1 Å². The molecule has 1 aromatic carbocycles. The fourth-order valence-corrected chi connectivity index (χ4v) is 2.16. The topological polar surface area (TPSA) is 66.6 Å². The van der Waals surface area contributed by atoms with Gasteiger partial charge >= 0.3 is 0 Å². The maximum absolute atomic E-state index is 12.2. The van der Waals surface area contributed by atoms with Crippen molar-refractivity contribution in [2.45, 2.75) is 18.9 Å². The van der Waals surface area contributed by atoms with Gasteiger partial charge in [0.25, 0.3) is 5.91 Å². The molecule has 1 saturated heterocycles. The number of hydrogen-bond donors (Lipinski definition) is 2. The standard InChI is InChI=1S/C13H16N2O2S/c14-12(18)9-1-3-10(4-2-9)13(17)15-7-5-11(16)6-8-15/h1-4,11,16H,5-8H2,(H2,14,18). The van der Waals surface area contributed by atoms with Crippen molar-refractivity contribution in [2.75, 3.05) is 13.1 Å². The Bertz CT molecular complexity index is 451. The monoisotopic (exact) mass is 264 g/mol. The summed E-state index contributed by atoms with van der Waals surface area (Å²) in [7, 11) is 0. The van der Waals surface area contributed by atoms with E-state index in [0.29, 0.717) is 36.5 Å². The van der Waals surface area contributed by atoms with E-state index >= 15 is 0 Å². The third kappa shape index (κ3) is 2.86. The second kappa shape index (κ2) is 5.46. The number of piperidine rings is 1. The summed E-state index contributed by atoms with van der Waals surface area (Å²) in [6.45, 7) is 1.22. The van der Waals surface area contributed by atoms with Gasteiger partial charge in [-0.15, -0.1) is 0 Å². The summed E-state index contributed by atoms with van der Waals surface area (Å²) in [4.78, 5) is 14.3. The Morgan fingerprint density at radius 2 is 1.72 bits per heavy atom. The van der Waals surface area contributed by atoms with Crippen LogP contribution in [-0.2, 0) is 0 Å². The maximum atomic E-state index is 12.2. The molecule has 0 radical (unpaired) electrons. The lowest BCUT2D eigenvalue weighted by Gasteiger charge is -2.29. The molecule has 0 unspecified atom stereocenters. The first-order valence-corrected chi connectivity index (χ1v) is 6.36. The minimum atomic E-state index is -0.272. The molecule has 2 rings (SSSR count). The summed E-state index contributed by atoms with van der Waals surface area (Å²) in [6, 6.07) is 6.99. The fraction of sp³-hybridized carbons (Fsp3) is 0.385. The number of nitrogens with two attached hydrogens (primary N) is 1. The fourth-order valence-electron chi connectivity index (χ4n) is 2.03. The van der Waals surface area contributed by atoms with E-state index in [1.54, 1.807) is 29.2 Å². The number of benzene rings is 1. The summed E-state index contributed by atoms with van der Waals surface area (Å²) in [5, 5.41) is 9.41. The Hall–Kier alpha value is -1.46. The van der Waals surface area contributed by atoms with E-state index in [9.17, 15) is 9.90 Å². The Labute approximate surface area is 111 Å². The van der Waals surface area contributed by atoms with Crippen molar-refractivity contribution in [2.24, 2.45) is 5.73 Å². The van der Waals surface area contributed by atoms with Crippen LogP contribution in [0.25, 0.3) is 0 Å². The molecule has 0 bridgehead atoms. The molecule has 5 heteroatoms. The summed E-state index contributed by atoms with van der Waals surface area (Å²) in [5.41, 5.74) is 6.90. The lowest BCUT2D eigenvalue weighted by Crippen LogP contribution is -2.40. The molecule has 0 saturated carbocycles. The lowest BCUT2D eigenvalue weighted by atomic mass is 10.1. The molecule has 3 N–H and O–H groups in total. The zero-order chi connectivity index (χ0) is 13.1. The number of aliphatic hydroxyl groups is 1. The molecule has 1 heterocycles. The first-order valence-electron chi connectivity index (χ1n) is 5.95. The molecule has 1 fully saturated rings. The summed E-state index contributed by atoms with van der Waals surface area (Å²) < 4.78 is 0. The van der Waals surface area contributed by atoms with Gasteiger partial charge in [-0.2, -0.15) is 0 Å². The molecular formula is C13H16N2O2S. The third-order valence-corrected chi connectivity index (χ3v) is 3.40. The molecular weight excluding hydrogens is 248 g/mol. The van der Waals surface area contributed by atoms with Crippen LogP contribution in [0.15, 0.2) is 24.3 Å². The molecule has 0 aromatic heterocycles. The second-order valence-corrected chi connectivity index (χ2v) is 4.90. The summed E-state index contributed by atoms with van der Waals surface area (Å²) in [6.07, 6.45) is 1.03. The van der Waals surface area contributed by atoms with Crippen LogP contribution in [0, 0.1) is 0 Å². The predicted octanol–water partition coefficient (Wildman–Crippen LogP) is 0.918. The average Bonchev–Trinajstić information content (AvgIpc) is 2.39. The molecule has 18 heavy (non-hydrogen) atoms. The van der Waals surface area contributed by atoms with Gasteiger partial charge in [0.1, 0.15) is 4.99 Å². The van der Waals surface area contributed by atoms with Crippen molar-refractivity contribution in [3.63, 3.8) is 0 Å². The van der Waals surface area contributed by atoms with Crippen molar-refractivity contribution >= 4 is 23.1 Å². The molecule has 1 amide bonds. The molecule has 4 nitrogen and oxygen atoms in total. The van der Waals surface area contributed by atoms with Crippen LogP contribution >= 0.6 is 12.2 Å². The van der Waals surface area contributed by atoms with Gasteiger partial charge in [0.15, 0.2) is 0 Å². The van der Waals surface area contributed by atoms with Crippen molar-refractivity contribution in [3.05, 3.63) is 35.4 Å². The van der Waals surface area contributed by atoms with Crippen LogP contribution in [0.1, 0.15) is 28.8 Å². The Morgan fingerprint density at radius 3 is 2.22 bits per heavy atom. The van der Waals surface area contributed by atoms with Crippen LogP contribution in [0.3, 0.4) is 0 Å². The minimum absolute atomic E-state index is 0.00334. The van der Waals surface area contributed by atoms with Crippen molar-refractivity contribution in [1.82, 2.24) is 4.90 Å². The van der Waals surface area contributed by atoms with E-state index in [0.717, 1.165) is 5.56 Å². The van der Waals surface area contributed by atoms with Gasteiger partial charge in [0.2, 0.25) is 0 Å². The van der Waals surface area contributed by atoms with E-state index < -0.39 is 0 Å². The first kappa shape index (κ1) is 13.0. The number of carbonyl (C=O) groups excluding carboxylic acids is 1. The second-order valence-electron chi connectivity index (χ2n) is 4.46. The summed E-state index contributed by atoms with van der Waals surface area (Å²) >= 11 is 4.86. The molecule has 0 aliphatic carbocycles. The van der Waals surface area contributed by atoms with Gasteiger partial charge in [-0.25, -0.2) is 0 Å². The maximum Gasteiger partial charge on any atom is 0.253 e. The van der Waals surface area contributed by atoms with Gasteiger partial charge in [-0.1, -0.05) is 24.4 Å². The summed E-state index contributed by atoms with van der Waals surface area (Å²) in [5.74, 6) is -0.00334. The molecule has 0 spiro atoms. The highest BCUT2D eigenvalue weighted by molar-refractivity contribution is 7.80. The first-order chi connectivity index (χ1) is 8.58. The Balaban J connectivity index is 2.07. The predicted molar refractivity (Wildman–Crippen MR) is 73.5 cm³/mol. The average molecular weight is 264 g/mol. The largest absolute Gasteiger partial charge is 0.393 e. The highest BCUT2D eigenvalue weighted by Gasteiger charge is 2.22. The van der Waals surface area contributed by atoms with Crippen LogP contribution in [0.2, 0.25) is 0 Å². The zero-order valence-electron chi connectivity index (χ0n) is 10.0. The van der Waals surface area contributed by atoms with E-state index in [4.69, 9.17) is 18.0 Å². The Morgan fingerprint density at radius 1 is 1.22 bits per heavy atom. The molecule has 96 valence electrons. The number of amides is 1. The minimum Gasteiger partial charge on any atom is -0.393 e. The van der Waals surface area contributed by atoms with Gasteiger partial charge < -0.3 is 15.7 Å². The molecule has 1 aliphatic heterocycles. The SMILES string of the molecule is NC(=S)c1ccc(C(=O)N2CCC(O)CC2)cc1. The highest BCUT2D eigenvalue weighted by Crippen LogP contribution is 2.14. The van der Waals surface area contributed by atoms with E-state index in [1.807, 2.05) is 0 Å².